The zero-order valence-corrected chi connectivity index (χ0v) is 16.6. The fraction of sp³-hybridized carbons (Fsp3) is 0.947. The first kappa shape index (κ1) is 21.2. The molecule has 0 radical (unpaired) electrons. The van der Waals surface area contributed by atoms with E-state index in [1.54, 1.807) is 7.11 Å². The van der Waals surface area contributed by atoms with Crippen LogP contribution in [0.15, 0.2) is 4.99 Å². The SMILES string of the molecule is CN=C(NCC1CCN(CCOC)CC1)NC(C)CCCC(C)C. The molecule has 1 saturated heterocycles. The van der Waals surface area contributed by atoms with Crippen LogP contribution in [0.4, 0.5) is 0 Å². The number of rotatable bonds is 10. The lowest BCUT2D eigenvalue weighted by atomic mass is 9.97. The molecule has 0 aromatic heterocycles. The number of guanidine groups is 1. The van der Waals surface area contributed by atoms with Crippen LogP contribution >= 0.6 is 0 Å². The number of hydrogen-bond donors (Lipinski definition) is 2. The van der Waals surface area contributed by atoms with Crippen LogP contribution in [0.25, 0.3) is 0 Å². The number of hydrogen-bond acceptors (Lipinski definition) is 3. The Morgan fingerprint density at radius 1 is 1.21 bits per heavy atom. The Labute approximate surface area is 149 Å². The van der Waals surface area contributed by atoms with Gasteiger partial charge in [0.05, 0.1) is 6.61 Å². The lowest BCUT2D eigenvalue weighted by Gasteiger charge is -2.32. The van der Waals surface area contributed by atoms with Gasteiger partial charge in [-0.2, -0.15) is 0 Å². The van der Waals surface area contributed by atoms with Gasteiger partial charge in [-0.15, -0.1) is 0 Å². The molecule has 0 saturated carbocycles. The number of aliphatic imine (C=N–C) groups is 1. The van der Waals surface area contributed by atoms with Crippen molar-refractivity contribution in [2.75, 3.05) is 46.9 Å². The van der Waals surface area contributed by atoms with E-state index in [0.717, 1.165) is 37.5 Å². The molecular formula is C19H40N4O. The summed E-state index contributed by atoms with van der Waals surface area (Å²) in [5.74, 6) is 2.50. The van der Waals surface area contributed by atoms with Gasteiger partial charge in [0.2, 0.25) is 0 Å². The molecule has 5 heteroatoms. The summed E-state index contributed by atoms with van der Waals surface area (Å²) in [5.41, 5.74) is 0. The maximum Gasteiger partial charge on any atom is 0.191 e. The zero-order chi connectivity index (χ0) is 17.8. The van der Waals surface area contributed by atoms with E-state index in [0.29, 0.717) is 6.04 Å². The van der Waals surface area contributed by atoms with Crippen molar-refractivity contribution in [2.24, 2.45) is 16.8 Å². The number of nitrogens with zero attached hydrogens (tertiary/aromatic N) is 2. The van der Waals surface area contributed by atoms with Crippen molar-refractivity contribution in [3.8, 4) is 0 Å². The molecule has 0 aliphatic carbocycles. The second-order valence-corrected chi connectivity index (χ2v) is 7.60. The number of nitrogens with one attached hydrogen (secondary N) is 2. The molecule has 0 spiro atoms. The molecule has 1 fully saturated rings. The molecule has 1 aliphatic rings. The summed E-state index contributed by atoms with van der Waals surface area (Å²) in [6.07, 6.45) is 6.31. The van der Waals surface area contributed by atoms with Crippen molar-refractivity contribution in [1.29, 1.82) is 0 Å². The highest BCUT2D eigenvalue weighted by Gasteiger charge is 2.19. The molecule has 1 unspecified atom stereocenters. The van der Waals surface area contributed by atoms with E-state index >= 15 is 0 Å². The van der Waals surface area contributed by atoms with Crippen LogP contribution in [-0.4, -0.2) is 63.8 Å². The maximum absolute atomic E-state index is 5.16. The molecule has 2 N–H and O–H groups in total. The Hall–Kier alpha value is -0.810. The molecule has 0 aromatic rings. The van der Waals surface area contributed by atoms with Crippen LogP contribution < -0.4 is 10.6 Å². The van der Waals surface area contributed by atoms with E-state index in [1.165, 1.54) is 45.2 Å². The molecule has 142 valence electrons. The smallest absolute Gasteiger partial charge is 0.191 e. The van der Waals surface area contributed by atoms with Crippen molar-refractivity contribution < 1.29 is 4.74 Å². The summed E-state index contributed by atoms with van der Waals surface area (Å²) < 4.78 is 5.16. The predicted molar refractivity (Wildman–Crippen MR) is 104 cm³/mol. The normalized spacial score (nSPS) is 18.8. The van der Waals surface area contributed by atoms with Gasteiger partial charge < -0.3 is 20.3 Å². The van der Waals surface area contributed by atoms with Gasteiger partial charge in [-0.25, -0.2) is 0 Å². The molecule has 1 aliphatic heterocycles. The molecular weight excluding hydrogens is 300 g/mol. The Balaban J connectivity index is 2.18. The van der Waals surface area contributed by atoms with Gasteiger partial charge >= 0.3 is 0 Å². The third-order valence-corrected chi connectivity index (χ3v) is 4.90. The van der Waals surface area contributed by atoms with Crippen molar-refractivity contribution >= 4 is 5.96 Å². The van der Waals surface area contributed by atoms with Gasteiger partial charge in [0, 0.05) is 33.3 Å². The Bertz CT molecular complexity index is 338. The van der Waals surface area contributed by atoms with E-state index in [1.807, 2.05) is 7.05 Å². The van der Waals surface area contributed by atoms with E-state index in [2.05, 4.69) is 41.3 Å². The highest BCUT2D eigenvalue weighted by atomic mass is 16.5. The zero-order valence-electron chi connectivity index (χ0n) is 16.6. The van der Waals surface area contributed by atoms with Gasteiger partial charge in [-0.05, 0) is 51.1 Å². The lowest BCUT2D eigenvalue weighted by molar-refractivity contribution is 0.121. The first-order valence-corrected chi connectivity index (χ1v) is 9.73. The molecule has 24 heavy (non-hydrogen) atoms. The van der Waals surface area contributed by atoms with Gasteiger partial charge in [-0.3, -0.25) is 4.99 Å². The average Bonchev–Trinajstić information content (AvgIpc) is 2.57. The fourth-order valence-corrected chi connectivity index (χ4v) is 3.21. The maximum atomic E-state index is 5.16. The molecule has 5 nitrogen and oxygen atoms in total. The van der Waals surface area contributed by atoms with E-state index in [4.69, 9.17) is 4.74 Å². The molecule has 0 aromatic carbocycles. The quantitative estimate of drug-likeness (QED) is 0.474. The first-order valence-electron chi connectivity index (χ1n) is 9.73. The highest BCUT2D eigenvalue weighted by Crippen LogP contribution is 2.16. The molecule has 1 heterocycles. The second kappa shape index (κ2) is 12.5. The third kappa shape index (κ3) is 9.48. The highest BCUT2D eigenvalue weighted by molar-refractivity contribution is 5.79. The minimum atomic E-state index is 0.478. The number of likely N-dealkylation sites (tertiary alicyclic amines) is 1. The third-order valence-electron chi connectivity index (χ3n) is 4.90. The van der Waals surface area contributed by atoms with E-state index in [9.17, 15) is 0 Å². The summed E-state index contributed by atoms with van der Waals surface area (Å²) in [6, 6.07) is 0.478. The van der Waals surface area contributed by atoms with Crippen molar-refractivity contribution in [3.63, 3.8) is 0 Å². The number of methoxy groups -OCH3 is 1. The monoisotopic (exact) mass is 340 g/mol. The van der Waals surface area contributed by atoms with Gasteiger partial charge in [-0.1, -0.05) is 26.7 Å². The van der Waals surface area contributed by atoms with Crippen LogP contribution in [0.2, 0.25) is 0 Å². The molecule has 0 bridgehead atoms. The average molecular weight is 341 g/mol. The predicted octanol–water partition coefficient (Wildman–Crippen LogP) is 2.72. The lowest BCUT2D eigenvalue weighted by Crippen LogP contribution is -2.45. The van der Waals surface area contributed by atoms with Gasteiger partial charge in [0.15, 0.2) is 5.96 Å². The van der Waals surface area contributed by atoms with Crippen LogP contribution in [-0.2, 0) is 4.74 Å². The number of ether oxygens (including phenoxy) is 1. The molecule has 0 amide bonds. The topological polar surface area (TPSA) is 48.9 Å². The van der Waals surface area contributed by atoms with Crippen LogP contribution in [0.3, 0.4) is 0 Å². The molecule has 1 rings (SSSR count). The van der Waals surface area contributed by atoms with Crippen molar-refractivity contribution in [3.05, 3.63) is 0 Å². The number of piperidine rings is 1. The van der Waals surface area contributed by atoms with Gasteiger partial charge in [0.25, 0.3) is 0 Å². The fourth-order valence-electron chi connectivity index (χ4n) is 3.21. The van der Waals surface area contributed by atoms with E-state index < -0.39 is 0 Å². The second-order valence-electron chi connectivity index (χ2n) is 7.60. The van der Waals surface area contributed by atoms with Crippen LogP contribution in [0, 0.1) is 11.8 Å². The van der Waals surface area contributed by atoms with Crippen LogP contribution in [0.1, 0.15) is 52.9 Å². The van der Waals surface area contributed by atoms with Gasteiger partial charge in [0.1, 0.15) is 0 Å². The summed E-state index contributed by atoms with van der Waals surface area (Å²) in [6.45, 7) is 12.1. The first-order chi connectivity index (χ1) is 11.5. The summed E-state index contributed by atoms with van der Waals surface area (Å²) in [7, 11) is 3.64. The summed E-state index contributed by atoms with van der Waals surface area (Å²) in [5, 5.41) is 7.05. The molecule has 1 atom stereocenters. The largest absolute Gasteiger partial charge is 0.383 e. The Morgan fingerprint density at radius 2 is 1.92 bits per heavy atom. The minimum absolute atomic E-state index is 0.478. The van der Waals surface area contributed by atoms with E-state index in [-0.39, 0.29) is 0 Å². The van der Waals surface area contributed by atoms with Crippen molar-refractivity contribution in [2.45, 2.75) is 58.9 Å². The summed E-state index contributed by atoms with van der Waals surface area (Å²) >= 11 is 0. The Morgan fingerprint density at radius 3 is 2.50 bits per heavy atom. The van der Waals surface area contributed by atoms with Crippen LogP contribution in [0.5, 0.6) is 0 Å². The van der Waals surface area contributed by atoms with Crippen molar-refractivity contribution in [1.82, 2.24) is 15.5 Å². The Kier molecular flexibility index (Phi) is 11.1. The standard InChI is InChI=1S/C19H40N4O/c1-16(2)7-6-8-17(3)22-19(20-4)21-15-18-9-11-23(12-10-18)13-14-24-5/h16-18H,6-15H2,1-5H3,(H2,20,21,22). The summed E-state index contributed by atoms with van der Waals surface area (Å²) in [4.78, 5) is 6.88. The minimum Gasteiger partial charge on any atom is -0.383 e.